The summed E-state index contributed by atoms with van der Waals surface area (Å²) in [5.74, 6) is -1.95. The van der Waals surface area contributed by atoms with Crippen molar-refractivity contribution in [1.82, 2.24) is 9.80 Å². The van der Waals surface area contributed by atoms with E-state index < -0.39 is 39.0 Å². The Morgan fingerprint density at radius 1 is 1.19 bits per heavy atom. The lowest BCUT2D eigenvalue weighted by Crippen LogP contribution is -2.62. The highest BCUT2D eigenvalue weighted by molar-refractivity contribution is 8.02. The molecule has 0 aromatic heterocycles. The van der Waals surface area contributed by atoms with E-state index in [2.05, 4.69) is 54.7 Å². The lowest BCUT2D eigenvalue weighted by Gasteiger charge is -2.47. The number of aliphatic hydroxyl groups excluding tert-OH is 1. The van der Waals surface area contributed by atoms with E-state index in [9.17, 15) is 19.5 Å². The number of hydrogen-bond donors (Lipinski definition) is 1. The van der Waals surface area contributed by atoms with Crippen LogP contribution in [0.2, 0.25) is 0 Å². The molecule has 0 saturated carbocycles. The summed E-state index contributed by atoms with van der Waals surface area (Å²) >= 11 is 1.65. The molecule has 1 spiro atoms. The van der Waals surface area contributed by atoms with Gasteiger partial charge in [-0.2, -0.15) is 0 Å². The van der Waals surface area contributed by atoms with Crippen LogP contribution in [0.25, 0.3) is 0 Å². The molecule has 7 atom stereocenters. The van der Waals surface area contributed by atoms with Crippen molar-refractivity contribution >= 4 is 29.5 Å². The third-order valence-electron chi connectivity index (χ3n) is 9.87. The van der Waals surface area contributed by atoms with Crippen molar-refractivity contribution in [3.63, 3.8) is 0 Å². The fourth-order valence-corrected chi connectivity index (χ4v) is 10.5. The van der Waals surface area contributed by atoms with E-state index in [0.29, 0.717) is 19.6 Å². The zero-order valence-electron chi connectivity index (χ0n) is 27.4. The minimum Gasteiger partial charge on any atom is -0.465 e. The lowest BCUT2D eigenvalue weighted by molar-refractivity contribution is -0.156. The van der Waals surface area contributed by atoms with Crippen LogP contribution >= 0.6 is 11.8 Å². The Hall–Kier alpha value is -1.80. The Labute approximate surface area is 258 Å². The molecule has 42 heavy (non-hydrogen) atoms. The molecule has 238 valence electrons. The number of likely N-dealkylation sites (tertiary alicyclic amines) is 1. The quantitative estimate of drug-likeness (QED) is 0.140. The number of hydrogen-bond acceptors (Lipinski definition) is 6. The van der Waals surface area contributed by atoms with Crippen molar-refractivity contribution in [1.29, 1.82) is 0 Å². The Morgan fingerprint density at radius 2 is 1.86 bits per heavy atom. The molecule has 8 heteroatoms. The van der Waals surface area contributed by atoms with Crippen LogP contribution < -0.4 is 0 Å². The number of aliphatic hydroxyl groups is 1. The third-order valence-corrected chi connectivity index (χ3v) is 11.9. The summed E-state index contributed by atoms with van der Waals surface area (Å²) in [5.41, 5.74) is -0.541. The normalized spacial score (nSPS) is 30.2. The monoisotopic (exact) mass is 604 g/mol. The topological polar surface area (TPSA) is 87.1 Å². The molecule has 1 N–H and O–H groups in total. The standard InChI is InChI=1S/C34H56N2O5S/c1-11-14-15-16-20-41-30(40)26-25-28(38)36(24(21-37)23(4)13-3)27(34(25)18-17-33(26,10)42-34)29(39)35(19-12-2)32(8,9)22-31(5,6)7/h11-12,23-27,37H,1-2,13-22H2,3-10H3/t23-,24-,25-,26-,27?,33+,34?/m0/s1. The van der Waals surface area contributed by atoms with Crippen molar-refractivity contribution in [2.75, 3.05) is 19.8 Å². The summed E-state index contributed by atoms with van der Waals surface area (Å²) in [6, 6.07) is -1.30. The minimum absolute atomic E-state index is 0.0204. The summed E-state index contributed by atoms with van der Waals surface area (Å²) in [7, 11) is 0. The number of amides is 2. The summed E-state index contributed by atoms with van der Waals surface area (Å²) < 4.78 is 4.57. The third kappa shape index (κ3) is 6.36. The second-order valence-electron chi connectivity index (χ2n) is 14.8. The van der Waals surface area contributed by atoms with Crippen LogP contribution in [0.15, 0.2) is 25.3 Å². The molecular weight excluding hydrogens is 548 g/mol. The van der Waals surface area contributed by atoms with Crippen molar-refractivity contribution < 1.29 is 24.2 Å². The molecule has 3 heterocycles. The summed E-state index contributed by atoms with van der Waals surface area (Å²) in [6.07, 6.45) is 9.02. The number of allylic oxidation sites excluding steroid dienone is 1. The van der Waals surface area contributed by atoms with Crippen LogP contribution in [-0.4, -0.2) is 79.6 Å². The first kappa shape index (κ1) is 34.7. The van der Waals surface area contributed by atoms with Crippen LogP contribution in [0.5, 0.6) is 0 Å². The van der Waals surface area contributed by atoms with Crippen molar-refractivity contribution in [2.45, 2.75) is 127 Å². The van der Waals surface area contributed by atoms with Crippen molar-refractivity contribution in [3.05, 3.63) is 25.3 Å². The zero-order valence-corrected chi connectivity index (χ0v) is 28.2. The molecule has 0 aliphatic carbocycles. The molecule has 2 unspecified atom stereocenters. The van der Waals surface area contributed by atoms with Crippen molar-refractivity contribution in [2.24, 2.45) is 23.2 Å². The van der Waals surface area contributed by atoms with Crippen LogP contribution in [0.4, 0.5) is 0 Å². The number of esters is 1. The van der Waals surface area contributed by atoms with E-state index in [1.165, 1.54) is 0 Å². The zero-order chi connectivity index (χ0) is 31.7. The van der Waals surface area contributed by atoms with Gasteiger partial charge in [0, 0.05) is 16.8 Å². The number of carbonyl (C=O) groups is 3. The Bertz CT molecular complexity index is 1040. The fraction of sp³-hybridized carbons (Fsp3) is 0.794. The minimum atomic E-state index is -0.780. The molecule has 3 aliphatic heterocycles. The molecule has 0 aromatic carbocycles. The summed E-state index contributed by atoms with van der Waals surface area (Å²) in [5, 5.41) is 10.7. The van der Waals surface area contributed by atoms with Gasteiger partial charge in [0.25, 0.3) is 0 Å². The van der Waals surface area contributed by atoms with E-state index in [4.69, 9.17) is 4.74 Å². The Kier molecular flexibility index (Phi) is 10.8. The molecule has 3 fully saturated rings. The molecular formula is C34H56N2O5S. The van der Waals surface area contributed by atoms with Gasteiger partial charge >= 0.3 is 5.97 Å². The fourth-order valence-electron chi connectivity index (χ4n) is 8.13. The molecule has 2 bridgehead atoms. The SMILES string of the molecule is C=CCCCCOC(=O)[C@@H]1[C@H]2C(=O)N([C@@H](CO)[C@@H](C)CC)C(C(=O)N(CC=C)C(C)(C)CC(C)(C)C)C23CC[C@@]1(C)S3. The Balaban J connectivity index is 2.10. The first-order chi connectivity index (χ1) is 19.5. The molecule has 0 radical (unpaired) electrons. The van der Waals surface area contributed by atoms with Crippen LogP contribution in [0, 0.1) is 23.2 Å². The van der Waals surface area contributed by atoms with Crippen LogP contribution in [0.1, 0.15) is 100 Å². The number of fused-ring (bicyclic) bond motifs is 1. The molecule has 2 amide bonds. The number of rotatable bonds is 15. The van der Waals surface area contributed by atoms with E-state index >= 15 is 0 Å². The van der Waals surface area contributed by atoms with E-state index in [1.54, 1.807) is 22.7 Å². The van der Waals surface area contributed by atoms with Gasteiger partial charge in [0.15, 0.2) is 0 Å². The van der Waals surface area contributed by atoms with Gasteiger partial charge in [-0.1, -0.05) is 53.2 Å². The van der Waals surface area contributed by atoms with Crippen LogP contribution in [-0.2, 0) is 19.1 Å². The van der Waals surface area contributed by atoms with E-state index in [1.807, 2.05) is 24.8 Å². The van der Waals surface area contributed by atoms with Gasteiger partial charge in [-0.15, -0.1) is 24.9 Å². The summed E-state index contributed by atoms with van der Waals surface area (Å²) in [6.45, 7) is 24.9. The summed E-state index contributed by atoms with van der Waals surface area (Å²) in [4.78, 5) is 47.0. The predicted molar refractivity (Wildman–Crippen MR) is 171 cm³/mol. The van der Waals surface area contributed by atoms with Crippen molar-refractivity contribution in [3.8, 4) is 0 Å². The largest absolute Gasteiger partial charge is 0.465 e. The molecule has 0 aromatic rings. The highest BCUT2D eigenvalue weighted by Crippen LogP contribution is 2.72. The number of carbonyl (C=O) groups excluding carboxylic acids is 3. The first-order valence-electron chi connectivity index (χ1n) is 15.9. The maximum atomic E-state index is 15.0. The highest BCUT2D eigenvalue weighted by Gasteiger charge is 2.78. The Morgan fingerprint density at radius 3 is 2.40 bits per heavy atom. The van der Waals surface area contributed by atoms with Crippen LogP contribution in [0.3, 0.4) is 0 Å². The number of unbranched alkanes of at least 4 members (excludes halogenated alkanes) is 2. The molecule has 7 nitrogen and oxygen atoms in total. The van der Waals surface area contributed by atoms with Gasteiger partial charge in [0.2, 0.25) is 11.8 Å². The van der Waals surface area contributed by atoms with Gasteiger partial charge < -0.3 is 19.6 Å². The van der Waals surface area contributed by atoms with E-state index in [-0.39, 0.29) is 35.7 Å². The highest BCUT2D eigenvalue weighted by atomic mass is 32.2. The number of thioether (sulfide) groups is 1. The molecule has 3 aliphatic rings. The maximum Gasteiger partial charge on any atom is 0.311 e. The average molecular weight is 605 g/mol. The van der Waals surface area contributed by atoms with E-state index in [0.717, 1.165) is 38.5 Å². The van der Waals surface area contributed by atoms with Gasteiger partial charge in [-0.3, -0.25) is 14.4 Å². The predicted octanol–water partition coefficient (Wildman–Crippen LogP) is 6.00. The van der Waals surface area contributed by atoms with Gasteiger partial charge in [0.05, 0.1) is 35.8 Å². The number of ether oxygens (including phenoxy) is 1. The lowest BCUT2D eigenvalue weighted by atomic mass is 9.66. The van der Waals surface area contributed by atoms with Gasteiger partial charge in [-0.25, -0.2) is 0 Å². The second kappa shape index (κ2) is 13.1. The second-order valence-corrected chi connectivity index (χ2v) is 16.7. The maximum absolute atomic E-state index is 15.0. The molecule has 3 saturated heterocycles. The number of nitrogens with zero attached hydrogens (tertiary/aromatic N) is 2. The first-order valence-corrected chi connectivity index (χ1v) is 16.7. The van der Waals surface area contributed by atoms with Gasteiger partial charge in [-0.05, 0) is 70.6 Å². The average Bonchev–Trinajstić information content (AvgIpc) is 3.46. The smallest absolute Gasteiger partial charge is 0.311 e. The van der Waals surface area contributed by atoms with Gasteiger partial charge in [0.1, 0.15) is 6.04 Å². The molecule has 3 rings (SSSR count).